The molecule has 0 saturated carbocycles. The maximum absolute atomic E-state index is 12.1. The number of aromatic nitrogens is 1. The second-order valence-corrected chi connectivity index (χ2v) is 6.80. The van der Waals surface area contributed by atoms with Crippen LogP contribution >= 0.6 is 11.6 Å². The summed E-state index contributed by atoms with van der Waals surface area (Å²) < 4.78 is 0. The number of rotatable bonds is 3. The van der Waals surface area contributed by atoms with Gasteiger partial charge in [-0.2, -0.15) is 0 Å². The Labute approximate surface area is 142 Å². The molecule has 1 amide bonds. The van der Waals surface area contributed by atoms with Crippen LogP contribution in [0.1, 0.15) is 18.4 Å². The average molecular weight is 332 g/mol. The molecule has 0 unspecified atom stereocenters. The largest absolute Gasteiger partial charge is 0.349 e. The fraction of sp³-hybridized carbons (Fsp3) is 0.444. The quantitative estimate of drug-likeness (QED) is 0.866. The van der Waals surface area contributed by atoms with Crippen molar-refractivity contribution in [2.24, 2.45) is 5.92 Å². The highest BCUT2D eigenvalue weighted by atomic mass is 35.5. The smallest absolute Gasteiger partial charge is 0.225 e. The third kappa shape index (κ3) is 3.48. The fourth-order valence-electron chi connectivity index (χ4n) is 3.27. The molecule has 0 bridgehead atoms. The number of hydrogen-bond donors (Lipinski definition) is 0. The van der Waals surface area contributed by atoms with Crippen molar-refractivity contribution < 1.29 is 4.79 Å². The summed E-state index contributed by atoms with van der Waals surface area (Å²) in [5, 5.41) is 1.75. The molecule has 1 aromatic heterocycles. The first-order valence-corrected chi connectivity index (χ1v) is 8.39. The molecule has 1 aromatic carbocycles. The van der Waals surface area contributed by atoms with E-state index in [1.165, 1.54) is 5.56 Å². The normalized spacial score (nSPS) is 16.7. The van der Waals surface area contributed by atoms with Crippen LogP contribution in [0, 0.1) is 5.92 Å². The predicted molar refractivity (Wildman–Crippen MR) is 93.4 cm³/mol. The molecule has 5 heteroatoms. The van der Waals surface area contributed by atoms with Gasteiger partial charge < -0.3 is 4.90 Å². The summed E-state index contributed by atoms with van der Waals surface area (Å²) in [5.41, 5.74) is 2.17. The van der Waals surface area contributed by atoms with Crippen LogP contribution in [0.3, 0.4) is 0 Å². The van der Waals surface area contributed by atoms with Crippen molar-refractivity contribution in [3.05, 3.63) is 41.0 Å². The SMILES string of the molecule is CN(C)C(=O)C1CCN(Cc2ccc(Cl)c3cccnc23)CC1. The predicted octanol–water partition coefficient (Wildman–Crippen LogP) is 3.19. The molecule has 0 radical (unpaired) electrons. The summed E-state index contributed by atoms with van der Waals surface area (Å²) >= 11 is 6.26. The highest BCUT2D eigenvalue weighted by molar-refractivity contribution is 6.35. The lowest BCUT2D eigenvalue weighted by atomic mass is 9.95. The lowest BCUT2D eigenvalue weighted by Gasteiger charge is -2.32. The van der Waals surface area contributed by atoms with Crippen LogP contribution in [0.15, 0.2) is 30.5 Å². The van der Waals surface area contributed by atoms with Crippen LogP contribution in [0.5, 0.6) is 0 Å². The number of benzene rings is 1. The maximum atomic E-state index is 12.1. The minimum atomic E-state index is 0.168. The number of likely N-dealkylation sites (tertiary alicyclic amines) is 1. The molecule has 0 aliphatic carbocycles. The van der Waals surface area contributed by atoms with Crippen molar-refractivity contribution in [1.29, 1.82) is 0 Å². The van der Waals surface area contributed by atoms with Crippen LogP contribution < -0.4 is 0 Å². The topological polar surface area (TPSA) is 36.4 Å². The Bertz CT molecular complexity index is 708. The number of amides is 1. The second kappa shape index (κ2) is 6.85. The molecular formula is C18H22ClN3O. The number of carbonyl (C=O) groups is 1. The number of carbonyl (C=O) groups excluding carboxylic acids is 1. The Morgan fingerprint density at radius 2 is 2.04 bits per heavy atom. The van der Waals surface area contributed by atoms with Crippen LogP contribution in [0.2, 0.25) is 5.02 Å². The number of fused-ring (bicyclic) bond motifs is 1. The molecule has 2 heterocycles. The Morgan fingerprint density at radius 1 is 1.30 bits per heavy atom. The molecule has 1 fully saturated rings. The van der Waals surface area contributed by atoms with Gasteiger partial charge in [-0.05, 0) is 49.7 Å². The first kappa shape index (κ1) is 16.2. The van der Waals surface area contributed by atoms with E-state index in [1.54, 1.807) is 4.90 Å². The van der Waals surface area contributed by atoms with Crippen molar-refractivity contribution in [2.45, 2.75) is 19.4 Å². The van der Waals surface area contributed by atoms with E-state index in [9.17, 15) is 4.79 Å². The summed E-state index contributed by atoms with van der Waals surface area (Å²) in [5.74, 6) is 0.421. The number of halogens is 1. The van der Waals surface area contributed by atoms with Crippen molar-refractivity contribution >= 4 is 28.4 Å². The Balaban J connectivity index is 1.70. The molecule has 3 rings (SSSR count). The Hall–Kier alpha value is -1.65. The first-order valence-electron chi connectivity index (χ1n) is 8.02. The minimum absolute atomic E-state index is 0.168. The molecule has 2 aromatic rings. The molecule has 23 heavy (non-hydrogen) atoms. The van der Waals surface area contributed by atoms with E-state index in [-0.39, 0.29) is 11.8 Å². The fourth-order valence-corrected chi connectivity index (χ4v) is 3.48. The van der Waals surface area contributed by atoms with E-state index >= 15 is 0 Å². The van der Waals surface area contributed by atoms with E-state index in [0.717, 1.165) is 48.4 Å². The van der Waals surface area contributed by atoms with Crippen molar-refractivity contribution in [3.8, 4) is 0 Å². The minimum Gasteiger partial charge on any atom is -0.349 e. The summed E-state index contributed by atoms with van der Waals surface area (Å²) in [6, 6.07) is 7.93. The number of piperidine rings is 1. The zero-order valence-corrected chi connectivity index (χ0v) is 14.4. The highest BCUT2D eigenvalue weighted by Crippen LogP contribution is 2.27. The molecule has 1 aliphatic heterocycles. The third-order valence-corrected chi connectivity index (χ3v) is 4.90. The Kier molecular flexibility index (Phi) is 4.83. The van der Waals surface area contributed by atoms with Gasteiger partial charge in [0.15, 0.2) is 0 Å². The summed E-state index contributed by atoms with van der Waals surface area (Å²) in [6.07, 6.45) is 3.66. The number of nitrogens with zero attached hydrogens (tertiary/aromatic N) is 3. The highest BCUT2D eigenvalue weighted by Gasteiger charge is 2.26. The molecule has 1 saturated heterocycles. The van der Waals surface area contributed by atoms with Crippen molar-refractivity contribution in [3.63, 3.8) is 0 Å². The molecule has 4 nitrogen and oxygen atoms in total. The monoisotopic (exact) mass is 331 g/mol. The van der Waals surface area contributed by atoms with Gasteiger partial charge in [-0.25, -0.2) is 0 Å². The lowest BCUT2D eigenvalue weighted by Crippen LogP contribution is -2.39. The van der Waals surface area contributed by atoms with Crippen molar-refractivity contribution in [1.82, 2.24) is 14.8 Å². The van der Waals surface area contributed by atoms with Gasteiger partial charge in [0.2, 0.25) is 5.91 Å². The van der Waals surface area contributed by atoms with Crippen LogP contribution in [0.25, 0.3) is 10.9 Å². The van der Waals surface area contributed by atoms with Crippen LogP contribution in [-0.2, 0) is 11.3 Å². The second-order valence-electron chi connectivity index (χ2n) is 6.39. The standard InChI is InChI=1S/C18H22ClN3O/c1-21(2)18(23)13-7-10-22(11-8-13)12-14-5-6-16(19)15-4-3-9-20-17(14)15/h3-6,9,13H,7-8,10-12H2,1-2H3. The average Bonchev–Trinajstić information content (AvgIpc) is 2.57. The van der Waals surface area contributed by atoms with Crippen LogP contribution in [-0.4, -0.2) is 47.9 Å². The first-order chi connectivity index (χ1) is 11.1. The van der Waals surface area contributed by atoms with E-state index < -0.39 is 0 Å². The van der Waals surface area contributed by atoms with Gasteiger partial charge in [-0.3, -0.25) is 14.7 Å². The zero-order chi connectivity index (χ0) is 16.4. The molecule has 0 N–H and O–H groups in total. The number of hydrogen-bond acceptors (Lipinski definition) is 3. The van der Waals surface area contributed by atoms with Gasteiger partial charge in [-0.1, -0.05) is 17.7 Å². The van der Waals surface area contributed by atoms with Gasteiger partial charge in [0.1, 0.15) is 0 Å². The van der Waals surface area contributed by atoms with Gasteiger partial charge in [0.25, 0.3) is 0 Å². The Morgan fingerprint density at radius 3 is 2.74 bits per heavy atom. The van der Waals surface area contributed by atoms with E-state index in [4.69, 9.17) is 11.6 Å². The summed E-state index contributed by atoms with van der Waals surface area (Å²) in [7, 11) is 3.67. The van der Waals surface area contributed by atoms with Gasteiger partial charge in [0, 0.05) is 43.2 Å². The van der Waals surface area contributed by atoms with E-state index in [0.29, 0.717) is 0 Å². The van der Waals surface area contributed by atoms with Gasteiger partial charge in [-0.15, -0.1) is 0 Å². The molecule has 122 valence electrons. The summed E-state index contributed by atoms with van der Waals surface area (Å²) in [6.45, 7) is 2.75. The van der Waals surface area contributed by atoms with Gasteiger partial charge >= 0.3 is 0 Å². The number of pyridine rings is 1. The third-order valence-electron chi connectivity index (χ3n) is 4.57. The maximum Gasteiger partial charge on any atom is 0.225 e. The van der Waals surface area contributed by atoms with E-state index in [2.05, 4.69) is 16.0 Å². The van der Waals surface area contributed by atoms with Crippen molar-refractivity contribution in [2.75, 3.05) is 27.2 Å². The molecular weight excluding hydrogens is 310 g/mol. The lowest BCUT2D eigenvalue weighted by molar-refractivity contribution is -0.134. The molecule has 0 atom stereocenters. The molecule has 0 spiro atoms. The summed E-state index contributed by atoms with van der Waals surface area (Å²) in [4.78, 5) is 20.7. The van der Waals surface area contributed by atoms with Crippen LogP contribution in [0.4, 0.5) is 0 Å². The molecule has 1 aliphatic rings. The zero-order valence-electron chi connectivity index (χ0n) is 13.6. The van der Waals surface area contributed by atoms with Gasteiger partial charge in [0.05, 0.1) is 5.52 Å². The van der Waals surface area contributed by atoms with E-state index in [1.807, 2.05) is 38.5 Å².